The molecular formula is C15H10ClNO2S. The third-order valence-electron chi connectivity index (χ3n) is 3.06. The summed E-state index contributed by atoms with van der Waals surface area (Å²) in [6.45, 7) is 0.240. The van der Waals surface area contributed by atoms with Gasteiger partial charge in [-0.25, -0.2) is 0 Å². The Morgan fingerprint density at radius 1 is 1.00 bits per heavy atom. The van der Waals surface area contributed by atoms with Crippen LogP contribution in [0.15, 0.2) is 52.9 Å². The molecule has 20 heavy (non-hydrogen) atoms. The quantitative estimate of drug-likeness (QED) is 0.816. The molecule has 0 radical (unpaired) electrons. The number of rotatable bonds is 3. The molecular weight excluding hydrogens is 294 g/mol. The number of amides is 2. The van der Waals surface area contributed by atoms with Gasteiger partial charge in [-0.1, -0.05) is 48.0 Å². The normalized spacial score (nSPS) is 15.3. The highest BCUT2D eigenvalue weighted by atomic mass is 35.5. The molecule has 1 aromatic heterocycles. The van der Waals surface area contributed by atoms with Crippen LogP contribution in [0.4, 0.5) is 0 Å². The lowest BCUT2D eigenvalue weighted by atomic mass is 10.2. The minimum absolute atomic E-state index is 0.00776. The Morgan fingerprint density at radius 2 is 1.75 bits per heavy atom. The maximum atomic E-state index is 12.4. The predicted octanol–water partition coefficient (Wildman–Crippen LogP) is 3.27. The molecule has 1 aromatic carbocycles. The maximum absolute atomic E-state index is 12.4. The van der Waals surface area contributed by atoms with E-state index in [1.54, 1.807) is 6.07 Å². The summed E-state index contributed by atoms with van der Waals surface area (Å²) in [5.41, 5.74) is 1.20. The van der Waals surface area contributed by atoms with Crippen LogP contribution >= 0.6 is 22.9 Å². The van der Waals surface area contributed by atoms with E-state index in [0.717, 1.165) is 10.4 Å². The minimum Gasteiger partial charge on any atom is -0.269 e. The van der Waals surface area contributed by atoms with Crippen molar-refractivity contribution in [2.45, 2.75) is 6.54 Å². The van der Waals surface area contributed by atoms with Crippen LogP contribution in [0.3, 0.4) is 0 Å². The summed E-state index contributed by atoms with van der Waals surface area (Å²) in [5.74, 6) is -0.754. The van der Waals surface area contributed by atoms with Gasteiger partial charge >= 0.3 is 0 Å². The van der Waals surface area contributed by atoms with Crippen LogP contribution in [0, 0.1) is 0 Å². The van der Waals surface area contributed by atoms with Crippen LogP contribution in [0.2, 0.25) is 0 Å². The van der Waals surface area contributed by atoms with Gasteiger partial charge in [0.2, 0.25) is 0 Å². The lowest BCUT2D eigenvalue weighted by molar-refractivity contribution is -0.137. The first kappa shape index (κ1) is 13.1. The third kappa shape index (κ3) is 2.17. The zero-order valence-corrected chi connectivity index (χ0v) is 11.9. The van der Waals surface area contributed by atoms with E-state index >= 15 is 0 Å². The fourth-order valence-corrected chi connectivity index (χ4v) is 3.20. The highest BCUT2D eigenvalue weighted by Gasteiger charge is 2.38. The molecule has 0 bridgehead atoms. The van der Waals surface area contributed by atoms with Crippen LogP contribution < -0.4 is 0 Å². The van der Waals surface area contributed by atoms with E-state index in [4.69, 9.17) is 11.6 Å². The molecule has 5 heteroatoms. The van der Waals surface area contributed by atoms with E-state index in [9.17, 15) is 9.59 Å². The smallest absolute Gasteiger partial charge is 0.269 e. The second kappa shape index (κ2) is 5.23. The number of halogens is 1. The van der Waals surface area contributed by atoms with Gasteiger partial charge in [0.05, 0.1) is 12.1 Å². The van der Waals surface area contributed by atoms with Gasteiger partial charge in [-0.2, -0.15) is 0 Å². The summed E-state index contributed by atoms with van der Waals surface area (Å²) < 4.78 is 0. The van der Waals surface area contributed by atoms with E-state index in [1.807, 2.05) is 41.8 Å². The largest absolute Gasteiger partial charge is 0.273 e. The number of carbonyl (C=O) groups excluding carboxylic acids is 2. The summed E-state index contributed by atoms with van der Waals surface area (Å²) in [4.78, 5) is 26.5. The van der Waals surface area contributed by atoms with E-state index < -0.39 is 5.91 Å². The van der Waals surface area contributed by atoms with Gasteiger partial charge in [0.15, 0.2) is 0 Å². The zero-order valence-electron chi connectivity index (χ0n) is 10.4. The van der Waals surface area contributed by atoms with Crippen LogP contribution in [-0.2, 0) is 16.1 Å². The molecule has 1 aliphatic heterocycles. The van der Waals surface area contributed by atoms with Crippen molar-refractivity contribution in [2.24, 2.45) is 0 Å². The fourth-order valence-electron chi connectivity index (χ4n) is 2.09. The van der Waals surface area contributed by atoms with Gasteiger partial charge in [-0.05, 0) is 17.0 Å². The van der Waals surface area contributed by atoms with Gasteiger partial charge in [0.1, 0.15) is 5.03 Å². The standard InChI is InChI=1S/C15H10ClNO2S/c16-13-12(11-7-4-8-20-11)14(18)17(15(13)19)9-10-5-2-1-3-6-10/h1-8H,9H2. The molecule has 0 atom stereocenters. The number of hydrogen-bond donors (Lipinski definition) is 0. The lowest BCUT2D eigenvalue weighted by Gasteiger charge is -2.14. The van der Waals surface area contributed by atoms with Gasteiger partial charge in [-0.3, -0.25) is 14.5 Å². The molecule has 0 N–H and O–H groups in total. The summed E-state index contributed by atoms with van der Waals surface area (Å²) >= 11 is 7.45. The Kier molecular flexibility index (Phi) is 3.42. The molecule has 0 aliphatic carbocycles. The molecule has 0 saturated heterocycles. The van der Waals surface area contributed by atoms with Crippen molar-refractivity contribution in [2.75, 3.05) is 0 Å². The number of nitrogens with zero attached hydrogens (tertiary/aromatic N) is 1. The Morgan fingerprint density at radius 3 is 2.40 bits per heavy atom. The average molecular weight is 304 g/mol. The van der Waals surface area contributed by atoms with Crippen LogP contribution in [-0.4, -0.2) is 16.7 Å². The van der Waals surface area contributed by atoms with Crippen molar-refractivity contribution in [1.29, 1.82) is 0 Å². The van der Waals surface area contributed by atoms with E-state index in [2.05, 4.69) is 0 Å². The Labute approximate surface area is 125 Å². The predicted molar refractivity (Wildman–Crippen MR) is 79.1 cm³/mol. The Balaban J connectivity index is 1.91. The average Bonchev–Trinajstić information content (AvgIpc) is 3.04. The number of thiophene rings is 1. The maximum Gasteiger partial charge on any atom is 0.273 e. The molecule has 2 heterocycles. The molecule has 0 unspecified atom stereocenters. The second-order valence-corrected chi connectivity index (χ2v) is 5.67. The summed E-state index contributed by atoms with van der Waals surface area (Å²) in [5, 5.41) is 1.86. The van der Waals surface area contributed by atoms with Gasteiger partial charge in [0, 0.05) is 4.88 Å². The minimum atomic E-state index is -0.427. The highest BCUT2D eigenvalue weighted by Crippen LogP contribution is 2.34. The SMILES string of the molecule is O=C1C(Cl)=C(c2cccs2)C(=O)N1Cc1ccccc1. The topological polar surface area (TPSA) is 37.4 Å². The highest BCUT2D eigenvalue weighted by molar-refractivity contribution is 7.11. The molecule has 1 aliphatic rings. The molecule has 3 rings (SSSR count). The first-order valence-electron chi connectivity index (χ1n) is 6.02. The summed E-state index contributed by atoms with van der Waals surface area (Å²) in [7, 11) is 0. The number of hydrogen-bond acceptors (Lipinski definition) is 3. The monoisotopic (exact) mass is 303 g/mol. The van der Waals surface area contributed by atoms with E-state index in [-0.39, 0.29) is 17.5 Å². The van der Waals surface area contributed by atoms with Gasteiger partial charge in [-0.15, -0.1) is 11.3 Å². The molecule has 2 amide bonds. The molecule has 2 aromatic rings. The second-order valence-electron chi connectivity index (χ2n) is 4.35. The lowest BCUT2D eigenvalue weighted by Crippen LogP contribution is -2.30. The van der Waals surface area contributed by atoms with Crippen LogP contribution in [0.1, 0.15) is 10.4 Å². The van der Waals surface area contributed by atoms with E-state index in [0.29, 0.717) is 5.57 Å². The zero-order chi connectivity index (χ0) is 14.1. The number of benzene rings is 1. The van der Waals surface area contributed by atoms with Crippen molar-refractivity contribution in [3.05, 3.63) is 63.3 Å². The Bertz CT molecular complexity index is 692. The molecule has 0 saturated carbocycles. The first-order valence-corrected chi connectivity index (χ1v) is 7.28. The molecule has 100 valence electrons. The Hall–Kier alpha value is -1.91. The van der Waals surface area contributed by atoms with E-state index in [1.165, 1.54) is 16.2 Å². The summed E-state index contributed by atoms with van der Waals surface area (Å²) in [6.07, 6.45) is 0. The van der Waals surface area contributed by atoms with Gasteiger partial charge < -0.3 is 0 Å². The first-order chi connectivity index (χ1) is 9.68. The van der Waals surface area contributed by atoms with Crippen molar-refractivity contribution < 1.29 is 9.59 Å². The molecule has 0 spiro atoms. The molecule has 3 nitrogen and oxygen atoms in total. The van der Waals surface area contributed by atoms with Crippen molar-refractivity contribution in [3.63, 3.8) is 0 Å². The number of imide groups is 1. The number of carbonyl (C=O) groups is 2. The van der Waals surface area contributed by atoms with Crippen molar-refractivity contribution in [3.8, 4) is 0 Å². The van der Waals surface area contributed by atoms with Crippen LogP contribution in [0.5, 0.6) is 0 Å². The third-order valence-corrected chi connectivity index (χ3v) is 4.30. The molecule has 0 fully saturated rings. The van der Waals surface area contributed by atoms with Crippen molar-refractivity contribution in [1.82, 2.24) is 4.90 Å². The van der Waals surface area contributed by atoms with Crippen LogP contribution in [0.25, 0.3) is 5.57 Å². The van der Waals surface area contributed by atoms with Gasteiger partial charge in [0.25, 0.3) is 11.8 Å². The van der Waals surface area contributed by atoms with Crippen molar-refractivity contribution >= 4 is 40.3 Å². The fraction of sp³-hybridized carbons (Fsp3) is 0.0667. The summed E-state index contributed by atoms with van der Waals surface area (Å²) in [6, 6.07) is 13.0.